The maximum Gasteiger partial charge on any atom is 0.276 e. The molecule has 1 heterocycles. The van der Waals surface area contributed by atoms with Crippen LogP contribution in [0.3, 0.4) is 0 Å². The Kier molecular flexibility index (Phi) is 6.46. The summed E-state index contributed by atoms with van der Waals surface area (Å²) in [5.74, 6) is -1.17. The summed E-state index contributed by atoms with van der Waals surface area (Å²) in [4.78, 5) is 36.8. The molecule has 1 aromatic heterocycles. The first-order chi connectivity index (χ1) is 13.8. The second kappa shape index (κ2) is 9.02. The number of rotatable bonds is 5. The summed E-state index contributed by atoms with van der Waals surface area (Å²) in [5.41, 5.74) is 0.939. The van der Waals surface area contributed by atoms with Gasteiger partial charge in [0.05, 0.1) is 17.9 Å². The number of carbonyl (C=O) groups is 2. The highest BCUT2D eigenvalue weighted by Gasteiger charge is 2.16. The molecule has 0 aliphatic rings. The number of para-hydroxylation sites is 1. The highest BCUT2D eigenvalue weighted by Crippen LogP contribution is 2.20. The predicted octanol–water partition coefficient (Wildman–Crippen LogP) is 3.33. The normalized spacial score (nSPS) is 10.4. The van der Waals surface area contributed by atoms with Crippen LogP contribution in [0.25, 0.3) is 5.69 Å². The van der Waals surface area contributed by atoms with Crippen LogP contribution in [0, 0.1) is 6.92 Å². The molecule has 0 saturated heterocycles. The van der Waals surface area contributed by atoms with Gasteiger partial charge in [-0.2, -0.15) is 5.10 Å². The molecule has 0 bridgehead atoms. The lowest BCUT2D eigenvalue weighted by atomic mass is 10.2. The molecule has 0 aliphatic heterocycles. The van der Waals surface area contributed by atoms with E-state index in [0.717, 1.165) is 0 Å². The minimum absolute atomic E-state index is 0.306. The number of benzene rings is 2. The number of nitrogens with one attached hydrogen (secondary N) is 2. The number of hydrogen-bond acceptors (Lipinski definition) is 4. The van der Waals surface area contributed by atoms with Crippen LogP contribution in [0.5, 0.6) is 0 Å². The third-order valence-electron chi connectivity index (χ3n) is 3.95. The third kappa shape index (κ3) is 5.10. The monoisotopic (exact) mass is 474 g/mol. The lowest BCUT2D eigenvalue weighted by Gasteiger charge is -2.12. The van der Waals surface area contributed by atoms with Crippen molar-refractivity contribution < 1.29 is 9.59 Å². The average Bonchev–Trinajstić information content (AvgIpc) is 2.69. The number of carbonyl (C=O) groups excluding carboxylic acids is 2. The summed E-state index contributed by atoms with van der Waals surface area (Å²) in [6.45, 7) is 1.39. The SMILES string of the molecule is Cc1cc(=O)c(C(=O)NCC(=O)Nc2ccccc2Br)nn1-c1ccc(Cl)cc1. The van der Waals surface area contributed by atoms with Crippen molar-refractivity contribution in [1.82, 2.24) is 15.1 Å². The van der Waals surface area contributed by atoms with Crippen LogP contribution in [-0.4, -0.2) is 28.1 Å². The van der Waals surface area contributed by atoms with E-state index in [1.807, 2.05) is 6.07 Å². The van der Waals surface area contributed by atoms with Crippen molar-refractivity contribution in [3.8, 4) is 5.69 Å². The Bertz CT molecular complexity index is 1130. The van der Waals surface area contributed by atoms with E-state index in [1.54, 1.807) is 49.4 Å². The Labute approximate surface area is 179 Å². The molecular formula is C20H16BrClN4O3. The first kappa shape index (κ1) is 20.8. The molecule has 7 nitrogen and oxygen atoms in total. The largest absolute Gasteiger partial charge is 0.341 e. The summed E-state index contributed by atoms with van der Waals surface area (Å²) >= 11 is 9.23. The molecular weight excluding hydrogens is 460 g/mol. The number of aromatic nitrogens is 2. The first-order valence-corrected chi connectivity index (χ1v) is 9.72. The van der Waals surface area contributed by atoms with Crippen LogP contribution in [-0.2, 0) is 4.79 Å². The van der Waals surface area contributed by atoms with Crippen molar-refractivity contribution in [2.45, 2.75) is 6.92 Å². The molecule has 0 atom stereocenters. The molecule has 3 aromatic rings. The number of nitrogens with zero attached hydrogens (tertiary/aromatic N) is 2. The quantitative estimate of drug-likeness (QED) is 0.592. The van der Waals surface area contributed by atoms with Gasteiger partial charge in [-0.1, -0.05) is 23.7 Å². The molecule has 29 heavy (non-hydrogen) atoms. The second-order valence-electron chi connectivity index (χ2n) is 6.10. The molecule has 0 spiro atoms. The summed E-state index contributed by atoms with van der Waals surface area (Å²) in [7, 11) is 0. The Morgan fingerprint density at radius 1 is 1.14 bits per heavy atom. The number of aryl methyl sites for hydroxylation is 1. The van der Waals surface area contributed by atoms with E-state index in [9.17, 15) is 14.4 Å². The van der Waals surface area contributed by atoms with Crippen LogP contribution < -0.4 is 16.1 Å². The van der Waals surface area contributed by atoms with Crippen molar-refractivity contribution in [3.63, 3.8) is 0 Å². The van der Waals surface area contributed by atoms with Gasteiger partial charge >= 0.3 is 0 Å². The zero-order valence-electron chi connectivity index (χ0n) is 15.3. The minimum Gasteiger partial charge on any atom is -0.341 e. The third-order valence-corrected chi connectivity index (χ3v) is 4.89. The highest BCUT2D eigenvalue weighted by atomic mass is 79.9. The smallest absolute Gasteiger partial charge is 0.276 e. The fourth-order valence-corrected chi connectivity index (χ4v) is 3.06. The lowest BCUT2D eigenvalue weighted by molar-refractivity contribution is -0.115. The fourth-order valence-electron chi connectivity index (χ4n) is 2.55. The van der Waals surface area contributed by atoms with Crippen LogP contribution in [0.2, 0.25) is 5.02 Å². The van der Waals surface area contributed by atoms with Gasteiger partial charge < -0.3 is 10.6 Å². The number of halogens is 2. The summed E-state index contributed by atoms with van der Waals surface area (Å²) < 4.78 is 2.18. The second-order valence-corrected chi connectivity index (χ2v) is 7.39. The van der Waals surface area contributed by atoms with Gasteiger partial charge in [-0.25, -0.2) is 4.68 Å². The van der Waals surface area contributed by atoms with Crippen LogP contribution in [0.4, 0.5) is 5.69 Å². The van der Waals surface area contributed by atoms with E-state index >= 15 is 0 Å². The Hall–Kier alpha value is -2.97. The van der Waals surface area contributed by atoms with Gasteiger partial charge in [0.15, 0.2) is 5.69 Å². The van der Waals surface area contributed by atoms with Crippen LogP contribution >= 0.6 is 27.5 Å². The molecule has 3 rings (SSSR count). The molecule has 0 fully saturated rings. The van der Waals surface area contributed by atoms with Crippen molar-refractivity contribution in [2.75, 3.05) is 11.9 Å². The van der Waals surface area contributed by atoms with E-state index in [1.165, 1.54) is 10.7 Å². The van der Waals surface area contributed by atoms with Crippen LogP contribution in [0.15, 0.2) is 63.9 Å². The van der Waals surface area contributed by atoms with Crippen LogP contribution in [0.1, 0.15) is 16.2 Å². The molecule has 9 heteroatoms. The van der Waals surface area contributed by atoms with Crippen molar-refractivity contribution in [1.29, 1.82) is 0 Å². The Morgan fingerprint density at radius 2 is 1.83 bits per heavy atom. The summed E-state index contributed by atoms with van der Waals surface area (Å²) in [5, 5.41) is 9.80. The molecule has 0 unspecified atom stereocenters. The van der Waals surface area contributed by atoms with E-state index < -0.39 is 17.2 Å². The van der Waals surface area contributed by atoms with E-state index in [2.05, 4.69) is 31.7 Å². The Balaban J connectivity index is 1.74. The molecule has 2 amide bonds. The highest BCUT2D eigenvalue weighted by molar-refractivity contribution is 9.10. The van der Waals surface area contributed by atoms with Crippen molar-refractivity contribution in [3.05, 3.63) is 85.7 Å². The van der Waals surface area contributed by atoms with E-state index in [0.29, 0.717) is 26.6 Å². The summed E-state index contributed by atoms with van der Waals surface area (Å²) in [6.07, 6.45) is 0. The summed E-state index contributed by atoms with van der Waals surface area (Å²) in [6, 6.07) is 15.2. The maximum absolute atomic E-state index is 12.4. The number of hydrogen-bond donors (Lipinski definition) is 2. The number of anilines is 1. The minimum atomic E-state index is -0.736. The van der Waals surface area contributed by atoms with Gasteiger partial charge in [0.2, 0.25) is 11.3 Å². The zero-order chi connectivity index (χ0) is 21.0. The first-order valence-electron chi connectivity index (χ1n) is 8.54. The topological polar surface area (TPSA) is 93.1 Å². The fraction of sp³-hybridized carbons (Fsp3) is 0.100. The van der Waals surface area contributed by atoms with Gasteiger partial charge in [-0.05, 0) is 59.3 Å². The maximum atomic E-state index is 12.4. The van der Waals surface area contributed by atoms with Gasteiger partial charge in [-0.3, -0.25) is 14.4 Å². The van der Waals surface area contributed by atoms with Gasteiger partial charge in [0.1, 0.15) is 0 Å². The Morgan fingerprint density at radius 3 is 2.52 bits per heavy atom. The lowest BCUT2D eigenvalue weighted by Crippen LogP contribution is -2.37. The number of amides is 2. The van der Waals surface area contributed by atoms with Gasteiger partial charge in [-0.15, -0.1) is 0 Å². The standard InChI is InChI=1S/C20H16BrClN4O3/c1-12-10-17(27)19(25-26(12)14-8-6-13(22)7-9-14)20(29)23-11-18(28)24-16-5-3-2-4-15(16)21/h2-10H,11H2,1H3,(H,23,29)(H,24,28). The molecule has 2 aromatic carbocycles. The molecule has 148 valence electrons. The zero-order valence-corrected chi connectivity index (χ0v) is 17.6. The van der Waals surface area contributed by atoms with Crippen molar-refractivity contribution >= 4 is 45.0 Å². The van der Waals surface area contributed by atoms with E-state index in [-0.39, 0.29) is 12.2 Å². The van der Waals surface area contributed by atoms with Gasteiger partial charge in [0.25, 0.3) is 5.91 Å². The van der Waals surface area contributed by atoms with Crippen molar-refractivity contribution in [2.24, 2.45) is 0 Å². The molecule has 0 radical (unpaired) electrons. The molecule has 0 saturated carbocycles. The van der Waals surface area contributed by atoms with E-state index in [4.69, 9.17) is 11.6 Å². The predicted molar refractivity (Wildman–Crippen MR) is 115 cm³/mol. The molecule has 2 N–H and O–H groups in total. The molecule has 0 aliphatic carbocycles. The van der Waals surface area contributed by atoms with Gasteiger partial charge in [0, 0.05) is 21.3 Å². The average molecular weight is 476 g/mol.